The van der Waals surface area contributed by atoms with Gasteiger partial charge >= 0.3 is 0 Å². The van der Waals surface area contributed by atoms with Crippen molar-refractivity contribution in [1.29, 1.82) is 0 Å². The molecule has 0 unspecified atom stereocenters. The van der Waals surface area contributed by atoms with Crippen LogP contribution in [0.2, 0.25) is 0 Å². The minimum absolute atomic E-state index is 0.881. The zero-order valence-corrected chi connectivity index (χ0v) is 5.47. The fraction of sp³-hybridized carbons (Fsp3) is 0.500. The van der Waals surface area contributed by atoms with Gasteiger partial charge in [-0.25, -0.2) is 0 Å². The van der Waals surface area contributed by atoms with Crippen LogP contribution >= 0.6 is 0 Å². The Morgan fingerprint density at radius 2 is 1.82 bits per heavy atom. The van der Waals surface area contributed by atoms with Crippen LogP contribution in [0.5, 0.6) is 0 Å². The van der Waals surface area contributed by atoms with Crippen molar-refractivity contribution in [2.75, 3.05) is 0 Å². The predicted octanol–water partition coefficient (Wildman–Crippen LogP) is 0.225. The Morgan fingerprint density at radius 1 is 1.36 bits per heavy atom. The molecule has 0 radical (unpaired) electrons. The molecule has 11 heavy (non-hydrogen) atoms. The second-order valence-electron chi connectivity index (χ2n) is 2.35. The van der Waals surface area contributed by atoms with E-state index in [4.69, 9.17) is 8.22 Å². The summed E-state index contributed by atoms with van der Waals surface area (Å²) < 4.78 is 45.3. The summed E-state index contributed by atoms with van der Waals surface area (Å²) in [6.45, 7) is 0. The molecule has 2 rings (SSSR count). The van der Waals surface area contributed by atoms with E-state index in [1.807, 2.05) is 5.32 Å². The highest BCUT2D eigenvalue weighted by molar-refractivity contribution is 6.05. The number of amides is 2. The van der Waals surface area contributed by atoms with Crippen LogP contribution in [0.1, 0.15) is 21.0 Å². The molecule has 0 spiro atoms. The summed E-state index contributed by atoms with van der Waals surface area (Å²) in [5.41, 5.74) is 0. The molecule has 3 heteroatoms. The third-order valence-electron chi connectivity index (χ3n) is 1.66. The first-order chi connectivity index (χ1) is 7.61. The van der Waals surface area contributed by atoms with Gasteiger partial charge in [-0.3, -0.25) is 14.9 Å². The molecule has 1 saturated heterocycles. The van der Waals surface area contributed by atoms with E-state index in [0.29, 0.717) is 0 Å². The molecule has 0 bridgehead atoms. The normalized spacial score (nSPS) is 54.2. The van der Waals surface area contributed by atoms with E-state index in [1.54, 1.807) is 0 Å². The summed E-state index contributed by atoms with van der Waals surface area (Å²) >= 11 is 0. The smallest absolute Gasteiger partial charge is 0.230 e. The fourth-order valence-electron chi connectivity index (χ4n) is 1.11. The number of carbonyl (C=O) groups excluding carboxylic acids is 2. The van der Waals surface area contributed by atoms with Crippen LogP contribution in [0.15, 0.2) is 12.1 Å². The molecule has 0 aromatic heterocycles. The Labute approximate surface area is 72.9 Å². The number of hydrogen-bond donors (Lipinski definition) is 1. The van der Waals surface area contributed by atoms with E-state index < -0.39 is 48.5 Å². The van der Waals surface area contributed by atoms with Crippen molar-refractivity contribution in [3.8, 4) is 0 Å². The van der Waals surface area contributed by atoms with Crippen LogP contribution in [0.4, 0.5) is 0 Å². The largest absolute Gasteiger partial charge is 0.296 e. The molecule has 0 aromatic carbocycles. The molecule has 2 atom stereocenters. The van der Waals surface area contributed by atoms with Crippen LogP contribution in [0.3, 0.4) is 0 Å². The lowest BCUT2D eigenvalue weighted by Crippen LogP contribution is -2.21. The molecule has 1 aliphatic carbocycles. The molecule has 3 nitrogen and oxygen atoms in total. The maximum atomic E-state index is 11.5. The van der Waals surface area contributed by atoms with Crippen LogP contribution in [0.25, 0.3) is 0 Å². The van der Waals surface area contributed by atoms with Gasteiger partial charge < -0.3 is 0 Å². The summed E-state index contributed by atoms with van der Waals surface area (Å²) in [4.78, 5) is 22.9. The topological polar surface area (TPSA) is 46.2 Å². The predicted molar refractivity (Wildman–Crippen MR) is 38.5 cm³/mol. The van der Waals surface area contributed by atoms with Gasteiger partial charge in [-0.05, 0) is 12.7 Å². The Kier molecular flexibility index (Phi) is 0.544. The minimum atomic E-state index is -2.50. The lowest BCUT2D eigenvalue weighted by molar-refractivity contribution is -0.126. The standard InChI is InChI=1S/C8H9NO2/c10-7-5-3-1-2-4-6(5)8(11)9-7/h1-2,5-6H,3-4H2,(H,9,10,11)/t5-,6+/i1D,2D,3D2,4D2. The van der Waals surface area contributed by atoms with Crippen LogP contribution < -0.4 is 5.32 Å². The quantitative estimate of drug-likeness (QED) is 0.404. The molecule has 2 amide bonds. The van der Waals surface area contributed by atoms with Crippen molar-refractivity contribution in [3.05, 3.63) is 12.1 Å². The number of allylic oxidation sites excluding steroid dienone is 2. The average Bonchev–Trinajstić information content (AvgIpc) is 2.50. The molecule has 2 aliphatic rings. The molecule has 58 valence electrons. The molecular formula is C8H9NO2. The van der Waals surface area contributed by atoms with Gasteiger partial charge in [0.15, 0.2) is 0 Å². The van der Waals surface area contributed by atoms with E-state index in [1.165, 1.54) is 0 Å². The van der Waals surface area contributed by atoms with E-state index in [2.05, 4.69) is 0 Å². The minimum Gasteiger partial charge on any atom is -0.296 e. The van der Waals surface area contributed by atoms with Gasteiger partial charge in [-0.1, -0.05) is 12.1 Å². The fourth-order valence-corrected chi connectivity index (χ4v) is 1.11. The number of carbonyl (C=O) groups is 2. The lowest BCUT2D eigenvalue weighted by Gasteiger charge is -2.14. The summed E-state index contributed by atoms with van der Waals surface area (Å²) in [6.07, 6.45) is -4.99. The maximum absolute atomic E-state index is 11.5. The summed E-state index contributed by atoms with van der Waals surface area (Å²) in [6, 6.07) is -1.76. The van der Waals surface area contributed by atoms with E-state index in [9.17, 15) is 9.59 Å². The van der Waals surface area contributed by atoms with Gasteiger partial charge in [0.05, 0.1) is 14.6 Å². The van der Waals surface area contributed by atoms with Crippen molar-refractivity contribution in [2.24, 2.45) is 11.8 Å². The zero-order chi connectivity index (χ0) is 13.2. The highest BCUT2D eigenvalue weighted by Gasteiger charge is 2.40. The van der Waals surface area contributed by atoms with E-state index in [-0.39, 0.29) is 0 Å². The Bertz CT molecular complexity index is 417. The SMILES string of the molecule is [2H]C1=C([2H])C([2H])([2H])[C@H]2C(=O)NC(=O)[C@H]2C1([2H])[2H]. The van der Waals surface area contributed by atoms with Crippen LogP contribution in [-0.4, -0.2) is 11.8 Å². The first-order valence-electron chi connectivity index (χ1n) is 6.15. The Balaban J connectivity index is 2.69. The second-order valence-corrected chi connectivity index (χ2v) is 2.35. The average molecular weight is 157 g/mol. The van der Waals surface area contributed by atoms with Crippen molar-refractivity contribution >= 4 is 11.8 Å². The first-order valence-corrected chi connectivity index (χ1v) is 3.15. The Morgan fingerprint density at radius 3 is 2.27 bits per heavy atom. The third kappa shape index (κ3) is 0.878. The van der Waals surface area contributed by atoms with Gasteiger partial charge in [0.2, 0.25) is 11.8 Å². The number of nitrogens with one attached hydrogen (secondary N) is 1. The molecule has 1 aliphatic heterocycles. The van der Waals surface area contributed by atoms with Gasteiger partial charge in [0.1, 0.15) is 0 Å². The molecular weight excluding hydrogens is 142 g/mol. The molecule has 0 saturated carbocycles. The molecule has 1 fully saturated rings. The van der Waals surface area contributed by atoms with E-state index in [0.717, 1.165) is 0 Å². The van der Waals surface area contributed by atoms with E-state index >= 15 is 0 Å². The Hall–Kier alpha value is -1.12. The number of hydrogen-bond acceptors (Lipinski definition) is 2. The second kappa shape index (κ2) is 2.19. The summed E-state index contributed by atoms with van der Waals surface area (Å²) in [5.74, 6) is -5.00. The number of rotatable bonds is 0. The summed E-state index contributed by atoms with van der Waals surface area (Å²) in [5, 5.41) is 1.86. The van der Waals surface area contributed by atoms with Crippen molar-refractivity contribution in [1.82, 2.24) is 5.32 Å². The molecule has 0 aromatic rings. The molecule has 1 heterocycles. The molecule has 1 N–H and O–H groups in total. The number of fused-ring (bicyclic) bond motifs is 1. The first kappa shape index (κ1) is 2.73. The van der Waals surface area contributed by atoms with Gasteiger partial charge in [-0.15, -0.1) is 0 Å². The van der Waals surface area contributed by atoms with Gasteiger partial charge in [0, 0.05) is 5.48 Å². The summed E-state index contributed by atoms with van der Waals surface area (Å²) in [7, 11) is 0. The van der Waals surface area contributed by atoms with Crippen LogP contribution in [0, 0.1) is 11.8 Å². The van der Waals surface area contributed by atoms with Crippen LogP contribution in [-0.2, 0) is 9.59 Å². The number of imide groups is 1. The highest BCUT2D eigenvalue weighted by Crippen LogP contribution is 2.29. The maximum Gasteiger partial charge on any atom is 0.230 e. The third-order valence-corrected chi connectivity index (χ3v) is 1.66. The van der Waals surface area contributed by atoms with Gasteiger partial charge in [-0.2, -0.15) is 0 Å². The van der Waals surface area contributed by atoms with Crippen molar-refractivity contribution in [3.63, 3.8) is 0 Å². The monoisotopic (exact) mass is 157 g/mol. The zero-order valence-electron chi connectivity index (χ0n) is 11.5. The van der Waals surface area contributed by atoms with Gasteiger partial charge in [0.25, 0.3) is 0 Å². The highest BCUT2D eigenvalue weighted by atomic mass is 16.2. The van der Waals surface area contributed by atoms with Crippen molar-refractivity contribution in [2.45, 2.75) is 12.7 Å². The lowest BCUT2D eigenvalue weighted by atomic mass is 9.85. The van der Waals surface area contributed by atoms with Crippen molar-refractivity contribution < 1.29 is 17.8 Å².